The van der Waals surface area contributed by atoms with Gasteiger partial charge in [-0.25, -0.2) is 27.7 Å². The zero-order valence-electron chi connectivity index (χ0n) is 23.6. The Bertz CT molecular complexity index is 1480. The number of aromatic nitrogens is 1. The molecule has 1 saturated carbocycles. The molecule has 1 aliphatic rings. The van der Waals surface area contributed by atoms with Crippen LogP contribution >= 0.6 is 11.3 Å². The summed E-state index contributed by atoms with van der Waals surface area (Å²) in [6.45, 7) is 7.19. The quantitative estimate of drug-likeness (QED) is 0.253. The minimum Gasteiger partial charge on any atom is -0.446 e. The number of primary amides is 1. The van der Waals surface area contributed by atoms with Gasteiger partial charge in [-0.05, 0) is 71.1 Å². The molecule has 1 heterocycles. The zero-order chi connectivity index (χ0) is 29.8. The Balaban J connectivity index is 1.57. The molecule has 0 saturated heterocycles. The van der Waals surface area contributed by atoms with Crippen molar-refractivity contribution in [1.29, 1.82) is 0 Å². The van der Waals surface area contributed by atoms with Gasteiger partial charge in [0.25, 0.3) is 0 Å². The Morgan fingerprint density at radius 1 is 1.07 bits per heavy atom. The van der Waals surface area contributed by atoms with Crippen LogP contribution in [0.2, 0.25) is 0 Å². The van der Waals surface area contributed by atoms with Crippen LogP contribution < -0.4 is 21.1 Å². The van der Waals surface area contributed by atoms with Crippen molar-refractivity contribution in [3.05, 3.63) is 65.3 Å². The number of carbonyl (C=O) groups is 2. The van der Waals surface area contributed by atoms with E-state index < -0.39 is 27.7 Å². The van der Waals surface area contributed by atoms with Crippen LogP contribution in [0.1, 0.15) is 75.9 Å². The summed E-state index contributed by atoms with van der Waals surface area (Å²) in [7, 11) is -3.96. The average molecular weight is 600 g/mol. The highest BCUT2D eigenvalue weighted by molar-refractivity contribution is 7.89. The number of nitrogens with two attached hydrogens (primary N) is 1. The summed E-state index contributed by atoms with van der Waals surface area (Å²) in [6.07, 6.45) is 3.73. The maximum atomic E-state index is 13.6. The van der Waals surface area contributed by atoms with Crippen molar-refractivity contribution in [3.63, 3.8) is 0 Å². The summed E-state index contributed by atoms with van der Waals surface area (Å²) >= 11 is 1.45. The van der Waals surface area contributed by atoms with E-state index in [0.717, 1.165) is 23.4 Å². The number of nitrogens with zero attached hydrogens (tertiary/aromatic N) is 1. The highest BCUT2D eigenvalue weighted by Crippen LogP contribution is 2.40. The van der Waals surface area contributed by atoms with E-state index in [1.54, 1.807) is 39.1 Å². The molecule has 10 nitrogen and oxygen atoms in total. The third-order valence-electron chi connectivity index (χ3n) is 6.71. The molecular weight excluding hydrogens is 562 g/mol. The standard InChI is InChI=1S/C29H37N5O5S2/c1-18(19-8-6-5-7-9-19)32-28(36)33-21-12-15-23(25(16-21)41(37,38)34-29(2,3)4)24-17-31-26(40-24)20-10-13-22(14-11-20)39-27(30)35/h5-9,12,15-18,20,22,34H,10-11,13-14H2,1-4H3,(H2,30,35)(H2,32,33,36)/t18-,20?,22?/m0/s1. The first-order valence-electron chi connectivity index (χ1n) is 13.5. The predicted octanol–water partition coefficient (Wildman–Crippen LogP) is 5.89. The number of sulfonamides is 1. The third-order valence-corrected chi connectivity index (χ3v) is 9.70. The van der Waals surface area contributed by atoms with Gasteiger partial charge in [-0.15, -0.1) is 11.3 Å². The van der Waals surface area contributed by atoms with Gasteiger partial charge in [0.05, 0.1) is 20.8 Å². The number of nitrogens with one attached hydrogen (secondary N) is 3. The summed E-state index contributed by atoms with van der Waals surface area (Å²) < 4.78 is 35.0. The fourth-order valence-corrected chi connectivity index (χ4v) is 7.72. The molecule has 1 aliphatic carbocycles. The first-order chi connectivity index (χ1) is 19.3. The van der Waals surface area contributed by atoms with Gasteiger partial charge in [0, 0.05) is 28.9 Å². The maximum absolute atomic E-state index is 13.6. The molecule has 4 rings (SSSR count). The van der Waals surface area contributed by atoms with Crippen LogP contribution in [0.4, 0.5) is 15.3 Å². The molecule has 3 amide bonds. The monoisotopic (exact) mass is 599 g/mol. The number of thiazole rings is 1. The highest BCUT2D eigenvalue weighted by Gasteiger charge is 2.29. The number of benzene rings is 2. The fourth-order valence-electron chi connectivity index (χ4n) is 4.87. The van der Waals surface area contributed by atoms with E-state index in [9.17, 15) is 18.0 Å². The summed E-state index contributed by atoms with van der Waals surface area (Å²) in [4.78, 5) is 29.2. The van der Waals surface area contributed by atoms with Crippen LogP contribution in [0.25, 0.3) is 10.4 Å². The van der Waals surface area contributed by atoms with Crippen molar-refractivity contribution in [2.24, 2.45) is 5.73 Å². The molecule has 0 unspecified atom stereocenters. The lowest BCUT2D eigenvalue weighted by Gasteiger charge is -2.26. The van der Waals surface area contributed by atoms with Gasteiger partial charge in [-0.2, -0.15) is 0 Å². The molecule has 1 fully saturated rings. The van der Waals surface area contributed by atoms with E-state index in [1.165, 1.54) is 17.4 Å². The Hall–Kier alpha value is -3.48. The molecule has 41 heavy (non-hydrogen) atoms. The zero-order valence-corrected chi connectivity index (χ0v) is 25.3. The fraction of sp³-hybridized carbons (Fsp3) is 0.414. The lowest BCUT2D eigenvalue weighted by Crippen LogP contribution is -2.40. The first kappa shape index (κ1) is 30.5. The number of hydrogen-bond acceptors (Lipinski definition) is 7. The van der Waals surface area contributed by atoms with Crippen molar-refractivity contribution in [2.75, 3.05) is 5.32 Å². The number of rotatable bonds is 8. The molecule has 3 aromatic rings. The number of ether oxygens (including phenoxy) is 1. The van der Waals surface area contributed by atoms with Crippen molar-refractivity contribution in [2.45, 2.75) is 81.9 Å². The molecule has 5 N–H and O–H groups in total. The van der Waals surface area contributed by atoms with Gasteiger partial charge < -0.3 is 21.1 Å². The Kier molecular flexibility index (Phi) is 9.35. The van der Waals surface area contributed by atoms with Crippen molar-refractivity contribution in [1.82, 2.24) is 15.0 Å². The molecule has 220 valence electrons. The number of urea groups is 1. The molecule has 1 aromatic heterocycles. The van der Waals surface area contributed by atoms with Gasteiger partial charge in [-0.3, -0.25) is 0 Å². The molecule has 1 atom stereocenters. The molecular formula is C29H37N5O5S2. The van der Waals surface area contributed by atoms with Gasteiger partial charge in [-0.1, -0.05) is 36.4 Å². The van der Waals surface area contributed by atoms with Crippen LogP contribution in [0, 0.1) is 0 Å². The summed E-state index contributed by atoms with van der Waals surface area (Å²) in [5, 5.41) is 6.56. The van der Waals surface area contributed by atoms with Crippen LogP contribution in [-0.2, 0) is 14.8 Å². The largest absolute Gasteiger partial charge is 0.446 e. The van der Waals surface area contributed by atoms with E-state index in [0.29, 0.717) is 29.0 Å². The topological polar surface area (TPSA) is 153 Å². The Morgan fingerprint density at radius 3 is 2.39 bits per heavy atom. The van der Waals surface area contributed by atoms with Gasteiger partial charge in [0.1, 0.15) is 6.10 Å². The predicted molar refractivity (Wildman–Crippen MR) is 160 cm³/mol. The first-order valence-corrected chi connectivity index (χ1v) is 15.8. The highest BCUT2D eigenvalue weighted by atomic mass is 32.2. The van der Waals surface area contributed by atoms with Crippen LogP contribution in [0.5, 0.6) is 0 Å². The lowest BCUT2D eigenvalue weighted by atomic mass is 9.88. The van der Waals surface area contributed by atoms with E-state index >= 15 is 0 Å². The normalized spacial score (nSPS) is 18.3. The molecule has 0 aliphatic heterocycles. The van der Waals surface area contributed by atoms with Crippen molar-refractivity contribution >= 4 is 39.2 Å². The van der Waals surface area contributed by atoms with E-state index in [1.807, 2.05) is 37.3 Å². The van der Waals surface area contributed by atoms with E-state index in [2.05, 4.69) is 20.3 Å². The van der Waals surface area contributed by atoms with E-state index in [-0.39, 0.29) is 23.0 Å². The van der Waals surface area contributed by atoms with Gasteiger partial charge in [0.15, 0.2) is 0 Å². The maximum Gasteiger partial charge on any atom is 0.404 e. The molecule has 0 spiro atoms. The summed E-state index contributed by atoms with van der Waals surface area (Å²) in [5.74, 6) is 0.186. The summed E-state index contributed by atoms with van der Waals surface area (Å²) in [6, 6.07) is 13.7. The lowest BCUT2D eigenvalue weighted by molar-refractivity contribution is 0.0787. The molecule has 2 aromatic carbocycles. The average Bonchev–Trinajstić information content (AvgIpc) is 3.38. The van der Waals surface area contributed by atoms with Crippen LogP contribution in [0.15, 0.2) is 59.6 Å². The second-order valence-electron chi connectivity index (χ2n) is 11.3. The van der Waals surface area contributed by atoms with Crippen molar-refractivity contribution in [3.8, 4) is 10.4 Å². The van der Waals surface area contributed by atoms with Crippen molar-refractivity contribution < 1.29 is 22.7 Å². The Labute approximate surface area is 245 Å². The minimum atomic E-state index is -3.96. The van der Waals surface area contributed by atoms with Crippen LogP contribution in [0.3, 0.4) is 0 Å². The third kappa shape index (κ3) is 8.27. The molecule has 0 bridgehead atoms. The summed E-state index contributed by atoms with van der Waals surface area (Å²) in [5.41, 5.74) is 6.23. The van der Waals surface area contributed by atoms with Gasteiger partial charge >= 0.3 is 12.1 Å². The van der Waals surface area contributed by atoms with Crippen LogP contribution in [-0.4, -0.2) is 37.2 Å². The molecule has 0 radical (unpaired) electrons. The molecule has 12 heteroatoms. The second-order valence-corrected chi connectivity index (χ2v) is 14.0. The minimum absolute atomic E-state index is 0.0510. The SMILES string of the molecule is C[C@H](NC(=O)Nc1ccc(-c2cnc(C3CCC(OC(N)=O)CC3)s2)c(S(=O)(=O)NC(C)(C)C)c1)c1ccccc1. The number of anilines is 1. The second kappa shape index (κ2) is 12.6. The van der Waals surface area contributed by atoms with E-state index in [4.69, 9.17) is 10.5 Å². The number of hydrogen-bond donors (Lipinski definition) is 4. The Morgan fingerprint density at radius 2 is 1.76 bits per heavy atom. The number of amides is 3. The van der Waals surface area contributed by atoms with Gasteiger partial charge in [0.2, 0.25) is 10.0 Å². The smallest absolute Gasteiger partial charge is 0.404 e. The number of carbonyl (C=O) groups excluding carboxylic acids is 2.